The van der Waals surface area contributed by atoms with Crippen molar-refractivity contribution in [2.24, 2.45) is 0 Å². The Kier molecular flexibility index (Phi) is 5.99. The van der Waals surface area contributed by atoms with Crippen molar-refractivity contribution in [1.82, 2.24) is 20.0 Å². The molecule has 8 heteroatoms. The summed E-state index contributed by atoms with van der Waals surface area (Å²) in [4.78, 5) is 39.7. The van der Waals surface area contributed by atoms with Gasteiger partial charge >= 0.3 is 6.03 Å². The molecular weight excluding hydrogens is 420 g/mol. The van der Waals surface area contributed by atoms with Crippen LogP contribution in [0.1, 0.15) is 17.5 Å². The molecule has 2 N–H and O–H groups in total. The zero-order chi connectivity index (χ0) is 23.5. The van der Waals surface area contributed by atoms with Gasteiger partial charge in [0.25, 0.3) is 11.5 Å². The molecule has 0 saturated carbocycles. The zero-order valence-electron chi connectivity index (χ0n) is 18.4. The van der Waals surface area contributed by atoms with Crippen LogP contribution in [-0.2, 0) is 4.79 Å². The molecule has 1 saturated heterocycles. The molecule has 1 fully saturated rings. The van der Waals surface area contributed by atoms with Gasteiger partial charge in [-0.05, 0) is 43.7 Å². The number of amides is 3. The molecule has 1 aliphatic heterocycles. The van der Waals surface area contributed by atoms with Crippen LogP contribution in [0, 0.1) is 6.92 Å². The minimum absolute atomic E-state index is 0.0346. The molecule has 0 spiro atoms. The van der Waals surface area contributed by atoms with Gasteiger partial charge < -0.3 is 10.1 Å². The standard InChI is InChI=1S/C25H24N4O4/c1-4-5-14-28-24(31)20(26-25(28)32)15-19-22(18-8-6-7-9-21(18)33-3)27-29(23(19)30)17-12-10-16(2)11-13-17/h4,6-13,15,27H,1,5,14H2,2-3H3,(H,26,32). The maximum absolute atomic E-state index is 13.5. The molecule has 0 atom stereocenters. The summed E-state index contributed by atoms with van der Waals surface area (Å²) in [6.07, 6.45) is 3.52. The highest BCUT2D eigenvalue weighted by molar-refractivity contribution is 6.14. The van der Waals surface area contributed by atoms with Crippen LogP contribution in [0.5, 0.6) is 5.75 Å². The Balaban J connectivity index is 1.88. The maximum Gasteiger partial charge on any atom is 0.329 e. The second-order valence-electron chi connectivity index (χ2n) is 7.60. The molecule has 2 heterocycles. The summed E-state index contributed by atoms with van der Waals surface area (Å²) in [7, 11) is 1.55. The Morgan fingerprint density at radius 1 is 1.06 bits per heavy atom. The topological polar surface area (TPSA) is 96.4 Å². The van der Waals surface area contributed by atoms with Crippen LogP contribution in [0.4, 0.5) is 4.79 Å². The molecule has 3 aromatic rings. The SMILES string of the molecule is C=CCCN1C(=O)NC(=Cc2c(-c3ccccc3OC)[nH]n(-c3ccc(C)cc3)c2=O)C1=O. The first-order valence-electron chi connectivity index (χ1n) is 10.5. The number of methoxy groups -OCH3 is 1. The van der Waals surface area contributed by atoms with E-state index in [2.05, 4.69) is 17.0 Å². The summed E-state index contributed by atoms with van der Waals surface area (Å²) >= 11 is 0. The predicted molar refractivity (Wildman–Crippen MR) is 126 cm³/mol. The Morgan fingerprint density at radius 2 is 1.79 bits per heavy atom. The van der Waals surface area contributed by atoms with Crippen LogP contribution >= 0.6 is 0 Å². The van der Waals surface area contributed by atoms with E-state index in [4.69, 9.17) is 4.74 Å². The molecule has 0 bridgehead atoms. The summed E-state index contributed by atoms with van der Waals surface area (Å²) in [6.45, 7) is 5.80. The van der Waals surface area contributed by atoms with Gasteiger partial charge in [0.05, 0.1) is 24.1 Å². The van der Waals surface area contributed by atoms with Crippen molar-refractivity contribution < 1.29 is 14.3 Å². The van der Waals surface area contributed by atoms with Gasteiger partial charge in [-0.25, -0.2) is 9.48 Å². The molecule has 0 unspecified atom stereocenters. The molecule has 33 heavy (non-hydrogen) atoms. The molecule has 3 amide bonds. The number of H-pyrrole nitrogens is 1. The largest absolute Gasteiger partial charge is 0.496 e. The van der Waals surface area contributed by atoms with Crippen LogP contribution in [0.25, 0.3) is 23.0 Å². The van der Waals surface area contributed by atoms with Crippen molar-refractivity contribution in [3.8, 4) is 22.7 Å². The average Bonchev–Trinajstić information content (AvgIpc) is 3.28. The van der Waals surface area contributed by atoms with E-state index in [1.54, 1.807) is 19.3 Å². The Labute approximate surface area is 190 Å². The minimum atomic E-state index is -0.527. The number of hydrogen-bond acceptors (Lipinski definition) is 4. The molecule has 8 nitrogen and oxygen atoms in total. The monoisotopic (exact) mass is 444 g/mol. The summed E-state index contributed by atoms with van der Waals surface area (Å²) in [5.41, 5.74) is 2.72. The number of benzene rings is 2. The van der Waals surface area contributed by atoms with Gasteiger partial charge in [0, 0.05) is 12.1 Å². The highest BCUT2D eigenvalue weighted by atomic mass is 16.5. The average molecular weight is 444 g/mol. The third kappa shape index (κ3) is 4.10. The fourth-order valence-corrected chi connectivity index (χ4v) is 3.66. The van der Waals surface area contributed by atoms with E-state index < -0.39 is 11.9 Å². The second-order valence-corrected chi connectivity index (χ2v) is 7.60. The molecule has 168 valence electrons. The van der Waals surface area contributed by atoms with Crippen molar-refractivity contribution >= 4 is 18.0 Å². The maximum atomic E-state index is 13.5. The van der Waals surface area contributed by atoms with E-state index in [-0.39, 0.29) is 23.4 Å². The van der Waals surface area contributed by atoms with E-state index in [1.807, 2.05) is 49.4 Å². The number of urea groups is 1. The van der Waals surface area contributed by atoms with E-state index in [0.29, 0.717) is 29.1 Å². The number of imide groups is 1. The van der Waals surface area contributed by atoms with E-state index in [0.717, 1.165) is 10.5 Å². The minimum Gasteiger partial charge on any atom is -0.496 e. The van der Waals surface area contributed by atoms with E-state index in [1.165, 1.54) is 10.8 Å². The molecule has 4 rings (SSSR count). The van der Waals surface area contributed by atoms with E-state index in [9.17, 15) is 14.4 Å². The Bertz CT molecular complexity index is 1310. The normalized spacial score (nSPS) is 14.6. The number of carbonyl (C=O) groups is 2. The number of aromatic nitrogens is 2. The van der Waals surface area contributed by atoms with Gasteiger partial charge in [-0.3, -0.25) is 19.6 Å². The quantitative estimate of drug-likeness (QED) is 0.331. The number of nitrogens with one attached hydrogen (secondary N) is 2. The highest BCUT2D eigenvalue weighted by Crippen LogP contribution is 2.31. The number of ether oxygens (including phenoxy) is 1. The summed E-state index contributed by atoms with van der Waals surface area (Å²) in [5, 5.41) is 5.72. The fourth-order valence-electron chi connectivity index (χ4n) is 3.66. The van der Waals surface area contributed by atoms with Crippen molar-refractivity contribution in [3.63, 3.8) is 0 Å². The smallest absolute Gasteiger partial charge is 0.329 e. The van der Waals surface area contributed by atoms with Crippen LogP contribution < -0.4 is 15.6 Å². The first-order chi connectivity index (χ1) is 15.9. The van der Waals surface area contributed by atoms with Crippen LogP contribution in [0.3, 0.4) is 0 Å². The van der Waals surface area contributed by atoms with Gasteiger partial charge in [0.15, 0.2) is 0 Å². The second kappa shape index (κ2) is 9.04. The fraction of sp³-hybridized carbons (Fsp3) is 0.160. The van der Waals surface area contributed by atoms with Gasteiger partial charge in [-0.15, -0.1) is 6.58 Å². The lowest BCUT2D eigenvalue weighted by atomic mass is 10.1. The number of rotatable bonds is 7. The molecule has 0 radical (unpaired) electrons. The lowest BCUT2D eigenvalue weighted by Gasteiger charge is -2.09. The summed E-state index contributed by atoms with van der Waals surface area (Å²) in [5.74, 6) is 0.0687. The first kappa shape index (κ1) is 21.9. The lowest BCUT2D eigenvalue weighted by Crippen LogP contribution is -2.31. The molecular formula is C25H24N4O4. The van der Waals surface area contributed by atoms with Crippen LogP contribution in [-0.4, -0.2) is 40.3 Å². The van der Waals surface area contributed by atoms with Crippen LogP contribution in [0.2, 0.25) is 0 Å². The van der Waals surface area contributed by atoms with Gasteiger partial charge in [0.1, 0.15) is 11.4 Å². The van der Waals surface area contributed by atoms with Crippen molar-refractivity contribution in [2.45, 2.75) is 13.3 Å². The number of aryl methyl sites for hydroxylation is 1. The van der Waals surface area contributed by atoms with Crippen molar-refractivity contribution in [2.75, 3.05) is 13.7 Å². The molecule has 0 aliphatic carbocycles. The van der Waals surface area contributed by atoms with Gasteiger partial charge in [-0.1, -0.05) is 35.9 Å². The van der Waals surface area contributed by atoms with Crippen molar-refractivity contribution in [1.29, 1.82) is 0 Å². The van der Waals surface area contributed by atoms with Gasteiger partial charge in [-0.2, -0.15) is 0 Å². The third-order valence-electron chi connectivity index (χ3n) is 5.40. The predicted octanol–water partition coefficient (Wildman–Crippen LogP) is 3.62. The molecule has 1 aliphatic rings. The summed E-state index contributed by atoms with van der Waals surface area (Å²) < 4.78 is 6.90. The number of hydrogen-bond donors (Lipinski definition) is 2. The summed E-state index contributed by atoms with van der Waals surface area (Å²) in [6, 6.07) is 14.2. The number of aromatic amines is 1. The van der Waals surface area contributed by atoms with E-state index >= 15 is 0 Å². The zero-order valence-corrected chi connectivity index (χ0v) is 18.4. The van der Waals surface area contributed by atoms with Gasteiger partial charge in [0.2, 0.25) is 0 Å². The third-order valence-corrected chi connectivity index (χ3v) is 5.40. The molecule has 1 aromatic heterocycles. The lowest BCUT2D eigenvalue weighted by molar-refractivity contribution is -0.122. The van der Waals surface area contributed by atoms with Crippen molar-refractivity contribution in [3.05, 3.63) is 88.4 Å². The number of para-hydroxylation sites is 1. The Morgan fingerprint density at radius 3 is 2.48 bits per heavy atom. The Hall–Kier alpha value is -4.33. The number of nitrogens with zero attached hydrogens (tertiary/aromatic N) is 2. The molecule has 2 aromatic carbocycles. The number of carbonyl (C=O) groups excluding carboxylic acids is 2. The van der Waals surface area contributed by atoms with Crippen LogP contribution in [0.15, 0.2) is 71.7 Å². The highest BCUT2D eigenvalue weighted by Gasteiger charge is 2.33. The first-order valence-corrected chi connectivity index (χ1v) is 10.5.